The Bertz CT molecular complexity index is 1550. The van der Waals surface area contributed by atoms with Crippen molar-refractivity contribution < 1.29 is 23.4 Å². The molecule has 1 fully saturated rings. The lowest BCUT2D eigenvalue weighted by atomic mass is 9.99. The summed E-state index contributed by atoms with van der Waals surface area (Å²) >= 11 is 6.70. The monoisotopic (exact) mass is 552 g/mol. The fraction of sp³-hybridized carbons (Fsp3) is 0.345. The maximum absolute atomic E-state index is 13.7. The normalized spacial score (nSPS) is 17.4. The smallest absolute Gasteiger partial charge is 0.252 e. The van der Waals surface area contributed by atoms with Crippen molar-refractivity contribution in [3.05, 3.63) is 82.0 Å². The van der Waals surface area contributed by atoms with Crippen LogP contribution in [0.5, 0.6) is 5.75 Å². The number of nitrogens with one attached hydrogen (secondary N) is 1. The molecule has 8 nitrogen and oxygen atoms in total. The quantitative estimate of drug-likeness (QED) is 0.315. The highest BCUT2D eigenvalue weighted by molar-refractivity contribution is 6.31. The van der Waals surface area contributed by atoms with Gasteiger partial charge >= 0.3 is 0 Å². The minimum atomic E-state index is -0.798. The molecule has 0 spiro atoms. The average Bonchev–Trinajstić information content (AvgIpc) is 3.47. The van der Waals surface area contributed by atoms with Gasteiger partial charge in [0.25, 0.3) is 5.91 Å². The van der Waals surface area contributed by atoms with Gasteiger partial charge in [-0.3, -0.25) is 4.79 Å². The van der Waals surface area contributed by atoms with Crippen LogP contribution in [0.4, 0.5) is 4.39 Å². The van der Waals surface area contributed by atoms with Crippen LogP contribution in [0.15, 0.2) is 48.8 Å². The summed E-state index contributed by atoms with van der Waals surface area (Å²) < 4.78 is 32.7. The first-order valence-corrected chi connectivity index (χ1v) is 13.0. The van der Waals surface area contributed by atoms with Gasteiger partial charge in [0, 0.05) is 21.7 Å². The molecule has 0 aliphatic carbocycles. The van der Waals surface area contributed by atoms with E-state index in [1.807, 2.05) is 57.2 Å². The van der Waals surface area contributed by atoms with Crippen molar-refractivity contribution in [3.63, 3.8) is 0 Å². The summed E-state index contributed by atoms with van der Waals surface area (Å²) in [6.07, 6.45) is 1.79. The summed E-state index contributed by atoms with van der Waals surface area (Å²) in [5.74, 6) is -0.937. The van der Waals surface area contributed by atoms with E-state index in [1.54, 1.807) is 13.8 Å². The van der Waals surface area contributed by atoms with Crippen molar-refractivity contribution in [1.82, 2.24) is 20.1 Å². The summed E-state index contributed by atoms with van der Waals surface area (Å²) in [6, 6.07) is 10.9. The molecule has 1 saturated heterocycles. The van der Waals surface area contributed by atoms with Crippen LogP contribution in [-0.2, 0) is 20.9 Å². The van der Waals surface area contributed by atoms with Gasteiger partial charge in [0.05, 0.1) is 30.7 Å². The van der Waals surface area contributed by atoms with Crippen LogP contribution in [-0.4, -0.2) is 39.2 Å². The number of ether oxygens (including phenoxy) is 3. The molecule has 1 aliphatic heterocycles. The van der Waals surface area contributed by atoms with Crippen LogP contribution < -0.4 is 10.1 Å². The van der Waals surface area contributed by atoms with Crippen molar-refractivity contribution in [3.8, 4) is 11.4 Å². The Balaban J connectivity index is 1.42. The van der Waals surface area contributed by atoms with Gasteiger partial charge < -0.3 is 19.5 Å². The van der Waals surface area contributed by atoms with Crippen LogP contribution in [0.25, 0.3) is 16.6 Å². The SMILES string of the molecule is Cc1cc(Cl)c(COc2cccc3c(-n4cc(F)cn4)cc(C)nc23)c([C@H](C)NC(=O)[C@@H]2COC(C)(C)O2)c1. The molecule has 3 heterocycles. The van der Waals surface area contributed by atoms with E-state index in [0.717, 1.165) is 34.0 Å². The molecule has 2 aromatic carbocycles. The van der Waals surface area contributed by atoms with Crippen LogP contribution in [0.3, 0.4) is 0 Å². The molecule has 1 amide bonds. The number of nitrogens with zero attached hydrogens (tertiary/aromatic N) is 3. The second-order valence-corrected chi connectivity index (χ2v) is 10.6. The van der Waals surface area contributed by atoms with E-state index in [9.17, 15) is 9.18 Å². The fourth-order valence-corrected chi connectivity index (χ4v) is 5.09. The number of pyridine rings is 1. The Morgan fingerprint density at radius 1 is 1.31 bits per heavy atom. The summed E-state index contributed by atoms with van der Waals surface area (Å²) in [4.78, 5) is 17.6. The molecule has 2 atom stereocenters. The van der Waals surface area contributed by atoms with Crippen LogP contribution >= 0.6 is 11.6 Å². The molecule has 2 aromatic heterocycles. The van der Waals surface area contributed by atoms with Gasteiger partial charge in [-0.25, -0.2) is 14.1 Å². The third-order valence-electron chi connectivity index (χ3n) is 6.58. The number of fused-ring (bicyclic) bond motifs is 1. The van der Waals surface area contributed by atoms with Crippen LogP contribution in [0.1, 0.15) is 49.2 Å². The summed E-state index contributed by atoms with van der Waals surface area (Å²) in [7, 11) is 0. The number of hydrogen-bond acceptors (Lipinski definition) is 6. The lowest BCUT2D eigenvalue weighted by molar-refractivity contribution is -0.153. The van der Waals surface area contributed by atoms with E-state index in [1.165, 1.54) is 10.9 Å². The number of halogens is 2. The predicted molar refractivity (Wildman–Crippen MR) is 146 cm³/mol. The third kappa shape index (κ3) is 5.75. The highest BCUT2D eigenvalue weighted by Crippen LogP contribution is 2.33. The van der Waals surface area contributed by atoms with Gasteiger partial charge in [-0.15, -0.1) is 0 Å². The molecule has 0 bridgehead atoms. The predicted octanol–water partition coefficient (Wildman–Crippen LogP) is 5.74. The van der Waals surface area contributed by atoms with E-state index in [4.69, 9.17) is 30.8 Å². The summed E-state index contributed by atoms with van der Waals surface area (Å²) in [6.45, 7) is 9.59. The van der Waals surface area contributed by atoms with Crippen molar-refractivity contribution in [2.45, 2.75) is 59.2 Å². The largest absolute Gasteiger partial charge is 0.487 e. The van der Waals surface area contributed by atoms with Gasteiger partial charge in [0.15, 0.2) is 17.7 Å². The van der Waals surface area contributed by atoms with Gasteiger partial charge in [-0.05, 0) is 63.9 Å². The third-order valence-corrected chi connectivity index (χ3v) is 6.92. The molecule has 39 heavy (non-hydrogen) atoms. The molecule has 0 unspecified atom stereocenters. The Labute approximate surface area is 231 Å². The zero-order chi connectivity index (χ0) is 27.9. The van der Waals surface area contributed by atoms with E-state index in [0.29, 0.717) is 22.0 Å². The van der Waals surface area contributed by atoms with Crippen LogP contribution in [0.2, 0.25) is 5.02 Å². The number of carbonyl (C=O) groups is 1. The topological polar surface area (TPSA) is 87.5 Å². The molecule has 1 N–H and O–H groups in total. The van der Waals surface area contributed by atoms with E-state index >= 15 is 0 Å². The molecule has 5 rings (SSSR count). The molecule has 10 heteroatoms. The Morgan fingerprint density at radius 3 is 2.79 bits per heavy atom. The number of hydrogen-bond donors (Lipinski definition) is 1. The number of carbonyl (C=O) groups excluding carboxylic acids is 1. The number of rotatable bonds is 7. The number of aromatic nitrogens is 3. The van der Waals surface area contributed by atoms with Gasteiger partial charge in [-0.2, -0.15) is 5.10 Å². The van der Waals surface area contributed by atoms with Crippen molar-refractivity contribution in [1.29, 1.82) is 0 Å². The van der Waals surface area contributed by atoms with E-state index in [-0.39, 0.29) is 25.2 Å². The van der Waals surface area contributed by atoms with Crippen LogP contribution in [0, 0.1) is 19.7 Å². The lowest BCUT2D eigenvalue weighted by Gasteiger charge is -2.22. The van der Waals surface area contributed by atoms with Crippen molar-refractivity contribution >= 4 is 28.4 Å². The molecule has 4 aromatic rings. The zero-order valence-corrected chi connectivity index (χ0v) is 23.2. The summed E-state index contributed by atoms with van der Waals surface area (Å²) in [5.41, 5.74) is 4.59. The molecule has 1 aliphatic rings. The second kappa shape index (κ2) is 10.6. The highest BCUT2D eigenvalue weighted by atomic mass is 35.5. The molecular formula is C29H30ClFN4O4. The molecular weight excluding hydrogens is 523 g/mol. The molecule has 0 radical (unpaired) electrons. The van der Waals surface area contributed by atoms with Crippen molar-refractivity contribution in [2.24, 2.45) is 0 Å². The first-order valence-electron chi connectivity index (χ1n) is 12.7. The maximum Gasteiger partial charge on any atom is 0.252 e. The second-order valence-electron chi connectivity index (χ2n) is 10.2. The van der Waals surface area contributed by atoms with E-state index in [2.05, 4.69) is 10.4 Å². The van der Waals surface area contributed by atoms with E-state index < -0.39 is 17.7 Å². The number of aryl methyl sites for hydroxylation is 2. The Morgan fingerprint density at radius 2 is 2.10 bits per heavy atom. The number of amides is 1. The minimum Gasteiger partial charge on any atom is -0.487 e. The summed E-state index contributed by atoms with van der Waals surface area (Å²) in [5, 5.41) is 8.43. The zero-order valence-electron chi connectivity index (χ0n) is 22.4. The number of para-hydroxylation sites is 1. The standard InChI is InChI=1S/C29H30ClFN4O4/c1-16-9-21(18(3)34-28(36)26-15-38-29(4,5)39-26)22(23(30)10-16)14-37-25-8-6-7-20-24(11-17(2)33-27(20)25)35-13-19(31)12-32-35/h6-13,18,26H,14-15H2,1-5H3,(H,34,36)/t18-,26-/m0/s1. The average molecular weight is 553 g/mol. The molecule has 204 valence electrons. The van der Waals surface area contributed by atoms with Gasteiger partial charge in [0.2, 0.25) is 0 Å². The van der Waals surface area contributed by atoms with Gasteiger partial charge in [-0.1, -0.05) is 29.8 Å². The minimum absolute atomic E-state index is 0.144. The first-order chi connectivity index (χ1) is 18.5. The van der Waals surface area contributed by atoms with Gasteiger partial charge in [0.1, 0.15) is 17.9 Å². The highest BCUT2D eigenvalue weighted by Gasteiger charge is 2.37. The first kappa shape index (κ1) is 27.1. The lowest BCUT2D eigenvalue weighted by Crippen LogP contribution is -2.38. The number of benzene rings is 2. The Kier molecular flexibility index (Phi) is 7.33. The molecule has 0 saturated carbocycles. The van der Waals surface area contributed by atoms with Crippen molar-refractivity contribution in [2.75, 3.05) is 6.61 Å². The maximum atomic E-state index is 13.7. The fourth-order valence-electron chi connectivity index (χ4n) is 4.75. The Hall–Kier alpha value is -3.53.